The molecule has 2 aliphatic heterocycles. The van der Waals surface area contributed by atoms with Gasteiger partial charge in [-0.05, 0) is 66.3 Å². The second-order valence-electron chi connectivity index (χ2n) is 12.8. The van der Waals surface area contributed by atoms with E-state index >= 15 is 0 Å². The van der Waals surface area contributed by atoms with Crippen molar-refractivity contribution in [1.82, 2.24) is 0 Å². The van der Waals surface area contributed by atoms with Gasteiger partial charge in [-0.2, -0.15) is 0 Å². The highest BCUT2D eigenvalue weighted by Gasteiger charge is 2.76. The first-order chi connectivity index (χ1) is 19.7. The zero-order chi connectivity index (χ0) is 28.4. The number of phenols is 1. The number of nitrogens with zero attached hydrogens (tertiary/aromatic N) is 2. The first kappa shape index (κ1) is 25.5. The average molecular weight is 589 g/mol. The number of allylic oxidation sites excluding steroid dienone is 2. The number of carbonyl (C=O) groups excluding carboxylic acids is 2. The van der Waals surface area contributed by atoms with Crippen molar-refractivity contribution < 1.29 is 14.7 Å². The van der Waals surface area contributed by atoms with Gasteiger partial charge in [0.05, 0.1) is 16.5 Å². The minimum atomic E-state index is -0.537. The average Bonchev–Trinajstić information content (AvgIpc) is 3.60. The van der Waals surface area contributed by atoms with Crippen LogP contribution in [0.4, 0.5) is 17.1 Å². The number of halogens is 2. The van der Waals surface area contributed by atoms with E-state index in [0.29, 0.717) is 56.2 Å². The molecule has 0 radical (unpaired) electrons. The van der Waals surface area contributed by atoms with Crippen LogP contribution in [-0.4, -0.2) is 41.8 Å². The normalized spacial score (nSPS) is 28.6. The number of aromatic hydroxyl groups is 1. The van der Waals surface area contributed by atoms with Gasteiger partial charge in [0.15, 0.2) is 0 Å². The Balaban J connectivity index is 1.08. The SMILES string of the molecule is CC1=CCc2c(O)cc3c(c21)C(CCl)CN3C(=O)C12CC(C(=O)N3CC(CCl)c4c3cc(N)c3ccccc43)(C1)C2. The summed E-state index contributed by atoms with van der Waals surface area (Å²) in [6.45, 7) is 3.09. The molecule has 2 unspecified atom stereocenters. The molecular weight excluding hydrogens is 557 g/mol. The number of hydrogen-bond acceptors (Lipinski definition) is 4. The van der Waals surface area contributed by atoms with Crippen LogP contribution in [0.2, 0.25) is 0 Å². The van der Waals surface area contributed by atoms with Crippen molar-refractivity contribution in [2.24, 2.45) is 10.8 Å². The molecule has 6 nitrogen and oxygen atoms in total. The third kappa shape index (κ3) is 3.15. The number of fused-ring (bicyclic) bond motifs is 6. The molecule has 9 rings (SSSR count). The number of hydrogen-bond donors (Lipinski definition) is 2. The topological polar surface area (TPSA) is 86.9 Å². The second-order valence-corrected chi connectivity index (χ2v) is 13.5. The summed E-state index contributed by atoms with van der Waals surface area (Å²) in [5, 5.41) is 12.9. The summed E-state index contributed by atoms with van der Waals surface area (Å²) >= 11 is 12.9. The Morgan fingerprint density at radius 1 is 0.927 bits per heavy atom. The quantitative estimate of drug-likeness (QED) is 0.277. The van der Waals surface area contributed by atoms with Crippen LogP contribution in [0.25, 0.3) is 16.3 Å². The first-order valence-electron chi connectivity index (χ1n) is 14.3. The molecule has 2 bridgehead atoms. The van der Waals surface area contributed by atoms with Crippen LogP contribution in [0, 0.1) is 10.8 Å². The third-order valence-corrected chi connectivity index (χ3v) is 11.3. The zero-order valence-corrected chi connectivity index (χ0v) is 24.4. The maximum Gasteiger partial charge on any atom is 0.233 e. The molecule has 0 aromatic heterocycles. The van der Waals surface area contributed by atoms with E-state index in [0.717, 1.165) is 50.0 Å². The Bertz CT molecular complexity index is 1730. The Labute approximate surface area is 248 Å². The number of alkyl halides is 2. The van der Waals surface area contributed by atoms with E-state index in [-0.39, 0.29) is 29.4 Å². The van der Waals surface area contributed by atoms with Crippen LogP contribution in [-0.2, 0) is 16.0 Å². The lowest BCUT2D eigenvalue weighted by Gasteiger charge is -2.69. The van der Waals surface area contributed by atoms with Crippen molar-refractivity contribution in [3.05, 3.63) is 64.7 Å². The van der Waals surface area contributed by atoms with Crippen molar-refractivity contribution in [3.63, 3.8) is 0 Å². The molecule has 3 N–H and O–H groups in total. The number of nitrogens with two attached hydrogens (primary N) is 1. The molecule has 2 amide bonds. The van der Waals surface area contributed by atoms with E-state index in [1.54, 1.807) is 6.07 Å². The summed E-state index contributed by atoms with van der Waals surface area (Å²) in [6.07, 6.45) is 4.46. The van der Waals surface area contributed by atoms with E-state index in [2.05, 4.69) is 19.1 Å². The van der Waals surface area contributed by atoms with Gasteiger partial charge in [0.25, 0.3) is 0 Å². The fraction of sp³-hybridized carbons (Fsp3) is 0.394. The van der Waals surface area contributed by atoms with Crippen LogP contribution in [0.5, 0.6) is 5.75 Å². The maximum absolute atomic E-state index is 14.1. The number of benzene rings is 3. The van der Waals surface area contributed by atoms with Gasteiger partial charge in [-0.1, -0.05) is 30.3 Å². The van der Waals surface area contributed by atoms with Gasteiger partial charge in [-0.25, -0.2) is 0 Å². The monoisotopic (exact) mass is 587 g/mol. The Hall–Kier alpha value is -3.22. The van der Waals surface area contributed by atoms with Crippen LogP contribution >= 0.6 is 23.2 Å². The predicted octanol–water partition coefficient (Wildman–Crippen LogP) is 6.30. The fourth-order valence-electron chi connectivity index (χ4n) is 8.70. The zero-order valence-electron chi connectivity index (χ0n) is 22.8. The van der Waals surface area contributed by atoms with Crippen LogP contribution in [0.15, 0.2) is 42.5 Å². The van der Waals surface area contributed by atoms with Crippen molar-refractivity contribution in [1.29, 1.82) is 0 Å². The molecule has 4 aliphatic carbocycles. The molecule has 3 aromatic carbocycles. The molecule has 3 fully saturated rings. The summed E-state index contributed by atoms with van der Waals surface area (Å²) in [7, 11) is 0. The van der Waals surface area contributed by atoms with Gasteiger partial charge in [0.1, 0.15) is 5.75 Å². The third-order valence-electron chi connectivity index (χ3n) is 10.5. The second kappa shape index (κ2) is 8.42. The van der Waals surface area contributed by atoms with Gasteiger partial charge >= 0.3 is 0 Å². The lowest BCUT2D eigenvalue weighted by molar-refractivity contribution is -0.204. The molecule has 0 saturated heterocycles. The van der Waals surface area contributed by atoms with Gasteiger partial charge in [-0.3, -0.25) is 9.59 Å². The highest BCUT2D eigenvalue weighted by Crippen LogP contribution is 2.75. The van der Waals surface area contributed by atoms with Crippen molar-refractivity contribution >= 4 is 68.4 Å². The number of carbonyl (C=O) groups is 2. The van der Waals surface area contributed by atoms with E-state index in [4.69, 9.17) is 28.9 Å². The molecule has 2 heterocycles. The van der Waals surface area contributed by atoms with Crippen LogP contribution in [0.3, 0.4) is 0 Å². The number of rotatable bonds is 4. The van der Waals surface area contributed by atoms with Gasteiger partial charge in [0, 0.05) is 65.1 Å². The van der Waals surface area contributed by atoms with Gasteiger partial charge in [0.2, 0.25) is 11.8 Å². The van der Waals surface area contributed by atoms with Crippen LogP contribution in [0.1, 0.15) is 60.3 Å². The lowest BCUT2D eigenvalue weighted by Crippen LogP contribution is -2.73. The molecular formula is C33H31Cl2N3O3. The summed E-state index contributed by atoms with van der Waals surface area (Å²) < 4.78 is 0. The van der Waals surface area contributed by atoms with E-state index < -0.39 is 10.8 Å². The summed E-state index contributed by atoms with van der Waals surface area (Å²) in [6, 6.07) is 11.7. The largest absolute Gasteiger partial charge is 0.508 e. The molecule has 3 aromatic rings. The lowest BCUT2D eigenvalue weighted by atomic mass is 9.34. The van der Waals surface area contributed by atoms with E-state index in [1.165, 1.54) is 0 Å². The highest BCUT2D eigenvalue weighted by molar-refractivity contribution is 6.20. The standard InChI is InChI=1S/C33H31Cl2N3O3/c1-17-6-7-22-26(39)9-25-29(27(17)22)19(11-35)13-38(25)31(41)33-14-32(15-33,16-33)30(40)37-12-18(10-34)28-21-5-3-2-4-20(21)23(36)8-24(28)37/h2-6,8-9,18-19,39H,7,10-16,36H2,1H3. The summed E-state index contributed by atoms with van der Waals surface area (Å²) in [5.74, 6) is 1.24. The molecule has 3 saturated carbocycles. The minimum Gasteiger partial charge on any atom is -0.508 e. The van der Waals surface area contributed by atoms with Crippen molar-refractivity contribution in [3.8, 4) is 5.75 Å². The first-order valence-corrected chi connectivity index (χ1v) is 15.4. The molecule has 210 valence electrons. The van der Waals surface area contributed by atoms with Gasteiger partial charge < -0.3 is 20.6 Å². The predicted molar refractivity (Wildman–Crippen MR) is 164 cm³/mol. The van der Waals surface area contributed by atoms with Crippen molar-refractivity contribution in [2.75, 3.05) is 40.4 Å². The molecule has 41 heavy (non-hydrogen) atoms. The number of nitrogen functional groups attached to an aromatic ring is 1. The Morgan fingerprint density at radius 2 is 1.49 bits per heavy atom. The number of anilines is 3. The summed E-state index contributed by atoms with van der Waals surface area (Å²) in [4.78, 5) is 31.9. The highest BCUT2D eigenvalue weighted by atomic mass is 35.5. The Kier molecular flexibility index (Phi) is 5.23. The molecule has 0 spiro atoms. The summed E-state index contributed by atoms with van der Waals surface area (Å²) in [5.41, 5.74) is 12.9. The molecule has 2 atom stereocenters. The van der Waals surface area contributed by atoms with E-state index in [9.17, 15) is 14.7 Å². The fourth-order valence-corrected chi connectivity index (χ4v) is 9.20. The van der Waals surface area contributed by atoms with Crippen LogP contribution < -0.4 is 15.5 Å². The maximum atomic E-state index is 14.1. The minimum absolute atomic E-state index is 0.0169. The smallest absolute Gasteiger partial charge is 0.233 e. The molecule has 6 aliphatic rings. The Morgan fingerprint density at radius 3 is 2.10 bits per heavy atom. The van der Waals surface area contributed by atoms with Crippen molar-refractivity contribution in [2.45, 2.75) is 44.4 Å². The molecule has 8 heteroatoms. The van der Waals surface area contributed by atoms with Gasteiger partial charge in [-0.15, -0.1) is 23.2 Å². The number of amides is 2. The number of phenolic OH excluding ortho intramolecular Hbond substituents is 1. The van der Waals surface area contributed by atoms with E-state index in [1.807, 2.05) is 34.1 Å².